The molecule has 1 aromatic carbocycles. The van der Waals surface area contributed by atoms with E-state index in [2.05, 4.69) is 5.32 Å². The van der Waals surface area contributed by atoms with Crippen LogP contribution in [0.2, 0.25) is 0 Å². The zero-order valence-corrected chi connectivity index (χ0v) is 17.9. The van der Waals surface area contributed by atoms with Crippen molar-refractivity contribution in [1.29, 1.82) is 5.26 Å². The molecule has 2 unspecified atom stereocenters. The van der Waals surface area contributed by atoms with E-state index in [9.17, 15) is 25.4 Å². The molecule has 174 valence electrons. The number of aliphatic hydroxyl groups excluding tert-OH is 3. The third kappa shape index (κ3) is 4.21. The van der Waals surface area contributed by atoms with Crippen molar-refractivity contribution >= 4 is 16.7 Å². The van der Waals surface area contributed by atoms with Gasteiger partial charge in [0.15, 0.2) is 6.17 Å². The molecule has 1 fully saturated rings. The summed E-state index contributed by atoms with van der Waals surface area (Å²) in [5.74, 6) is -3.98. The van der Waals surface area contributed by atoms with E-state index in [1.165, 1.54) is 10.8 Å². The number of aromatic nitrogens is 1. The Labute approximate surface area is 184 Å². The largest absolute Gasteiger partial charge is 0.394 e. The van der Waals surface area contributed by atoms with Crippen molar-refractivity contribution in [2.24, 2.45) is 5.92 Å². The lowest BCUT2D eigenvalue weighted by Gasteiger charge is -2.48. The van der Waals surface area contributed by atoms with E-state index in [-0.39, 0.29) is 5.69 Å². The van der Waals surface area contributed by atoms with E-state index in [0.717, 1.165) is 6.92 Å². The lowest BCUT2D eigenvalue weighted by molar-refractivity contribution is -0.278. The highest BCUT2D eigenvalue weighted by atomic mass is 19.2. The van der Waals surface area contributed by atoms with Crippen LogP contribution >= 0.6 is 0 Å². The Bertz CT molecular complexity index is 1020. The SMILES string of the molecule is CC(C)C(=O)N[C@H]1[C@H]([C@H](O)[C@H](O)CO)OC(C)(F)C(F)[C@@H]1n1cc2ccccc2c1C#N. The summed E-state index contributed by atoms with van der Waals surface area (Å²) in [6.07, 6.45) is -6.07. The maximum absolute atomic E-state index is 15.6. The van der Waals surface area contributed by atoms with Crippen LogP contribution in [0.5, 0.6) is 0 Å². The molecule has 0 saturated carbocycles. The maximum atomic E-state index is 15.6. The minimum atomic E-state index is -2.92. The van der Waals surface area contributed by atoms with E-state index >= 15 is 8.78 Å². The van der Waals surface area contributed by atoms with Gasteiger partial charge < -0.3 is 29.9 Å². The van der Waals surface area contributed by atoms with E-state index < -0.39 is 60.9 Å². The van der Waals surface area contributed by atoms with Gasteiger partial charge in [-0.05, 0) is 6.92 Å². The molecule has 1 aliphatic heterocycles. The molecule has 0 spiro atoms. The van der Waals surface area contributed by atoms with Crippen LogP contribution in [0.1, 0.15) is 32.5 Å². The summed E-state index contributed by atoms with van der Waals surface area (Å²) in [6.45, 7) is 3.17. The third-order valence-corrected chi connectivity index (χ3v) is 5.81. The van der Waals surface area contributed by atoms with Crippen LogP contribution in [-0.4, -0.2) is 68.8 Å². The number of ether oxygens (including phenoxy) is 1. The summed E-state index contributed by atoms with van der Waals surface area (Å²) in [7, 11) is 0. The topological polar surface area (TPSA) is 128 Å². The predicted molar refractivity (Wildman–Crippen MR) is 111 cm³/mol. The minimum Gasteiger partial charge on any atom is -0.394 e. The lowest BCUT2D eigenvalue weighted by Crippen LogP contribution is -2.67. The smallest absolute Gasteiger partial charge is 0.240 e. The van der Waals surface area contributed by atoms with Gasteiger partial charge in [-0.3, -0.25) is 4.79 Å². The van der Waals surface area contributed by atoms with Crippen LogP contribution in [0.25, 0.3) is 10.8 Å². The van der Waals surface area contributed by atoms with E-state index in [0.29, 0.717) is 10.8 Å². The first kappa shape index (κ1) is 24.1. The molecule has 10 heteroatoms. The molecule has 2 heterocycles. The number of aliphatic hydroxyl groups is 3. The highest BCUT2D eigenvalue weighted by molar-refractivity contribution is 5.87. The van der Waals surface area contributed by atoms with Gasteiger partial charge in [0.2, 0.25) is 11.8 Å². The average molecular weight is 451 g/mol. The van der Waals surface area contributed by atoms with Gasteiger partial charge in [0, 0.05) is 22.9 Å². The van der Waals surface area contributed by atoms with Crippen LogP contribution in [0.3, 0.4) is 0 Å². The zero-order valence-electron chi connectivity index (χ0n) is 17.9. The van der Waals surface area contributed by atoms with Crippen molar-refractivity contribution in [1.82, 2.24) is 9.88 Å². The second kappa shape index (κ2) is 9.11. The van der Waals surface area contributed by atoms with Crippen molar-refractivity contribution in [2.45, 2.75) is 63.2 Å². The van der Waals surface area contributed by atoms with Crippen LogP contribution in [0.15, 0.2) is 30.5 Å². The standard InChI is InChI=1S/C22H27F2N3O5/c1-11(2)21(31)26-16-17(27-9-12-6-4-5-7-13(12)14(27)8-25)20(23)22(3,24)32-19(16)18(30)15(29)10-28/h4-7,9,11,15-20,28-30H,10H2,1-3H3,(H,26,31)/t15-,16-,17-,18-,19-,20?,22?/m1/s1. The summed E-state index contributed by atoms with van der Waals surface area (Å²) >= 11 is 0. The second-order valence-electron chi connectivity index (χ2n) is 8.47. The van der Waals surface area contributed by atoms with Crippen molar-refractivity contribution < 1.29 is 33.6 Å². The number of hydrogen-bond acceptors (Lipinski definition) is 6. The van der Waals surface area contributed by atoms with Crippen molar-refractivity contribution in [3.05, 3.63) is 36.2 Å². The second-order valence-corrected chi connectivity index (χ2v) is 8.47. The molecule has 8 nitrogen and oxygen atoms in total. The molecular formula is C22H27F2N3O5. The number of nitrogens with one attached hydrogen (secondary N) is 1. The van der Waals surface area contributed by atoms with Gasteiger partial charge in [0.1, 0.15) is 30.1 Å². The van der Waals surface area contributed by atoms with Crippen LogP contribution in [-0.2, 0) is 9.53 Å². The van der Waals surface area contributed by atoms with Gasteiger partial charge >= 0.3 is 0 Å². The van der Waals surface area contributed by atoms with Gasteiger partial charge in [-0.1, -0.05) is 38.1 Å². The molecule has 1 aliphatic rings. The Kier molecular flexibility index (Phi) is 6.86. The first-order valence-corrected chi connectivity index (χ1v) is 10.3. The maximum Gasteiger partial charge on any atom is 0.240 e. The number of carbonyl (C=O) groups excluding carboxylic acids is 1. The molecule has 0 radical (unpaired) electrons. The number of fused-ring (bicyclic) bond motifs is 1. The molecular weight excluding hydrogens is 424 g/mol. The van der Waals surface area contributed by atoms with E-state index in [1.54, 1.807) is 38.1 Å². The number of carbonyl (C=O) groups is 1. The molecule has 4 N–H and O–H groups in total. The highest BCUT2D eigenvalue weighted by Crippen LogP contribution is 2.42. The first-order valence-electron chi connectivity index (χ1n) is 10.3. The molecule has 2 aromatic rings. The number of hydrogen-bond donors (Lipinski definition) is 4. The molecule has 1 aromatic heterocycles. The number of alkyl halides is 2. The summed E-state index contributed by atoms with van der Waals surface area (Å²) in [6, 6.07) is 5.94. The predicted octanol–water partition coefficient (Wildman–Crippen LogP) is 1.33. The summed E-state index contributed by atoms with van der Waals surface area (Å²) in [4.78, 5) is 12.5. The molecule has 7 atom stereocenters. The molecule has 1 saturated heterocycles. The molecule has 0 aliphatic carbocycles. The van der Waals surface area contributed by atoms with Gasteiger partial charge in [-0.2, -0.15) is 5.26 Å². The molecule has 1 amide bonds. The fourth-order valence-electron chi connectivity index (χ4n) is 4.04. The molecule has 32 heavy (non-hydrogen) atoms. The number of rotatable bonds is 6. The Morgan fingerprint density at radius 1 is 1.38 bits per heavy atom. The van der Waals surface area contributed by atoms with Gasteiger partial charge in [0.05, 0.1) is 18.7 Å². The number of halogens is 2. The fourth-order valence-corrected chi connectivity index (χ4v) is 4.04. The molecule has 3 rings (SSSR count). The van der Waals surface area contributed by atoms with Crippen molar-refractivity contribution in [3.63, 3.8) is 0 Å². The Balaban J connectivity index is 2.21. The summed E-state index contributed by atoms with van der Waals surface area (Å²) < 4.78 is 37.3. The van der Waals surface area contributed by atoms with Gasteiger partial charge in [-0.25, -0.2) is 8.78 Å². The van der Waals surface area contributed by atoms with Crippen molar-refractivity contribution in [2.75, 3.05) is 6.61 Å². The zero-order chi connectivity index (χ0) is 23.8. The number of nitrogens with zero attached hydrogens (tertiary/aromatic N) is 2. The van der Waals surface area contributed by atoms with Crippen LogP contribution in [0.4, 0.5) is 8.78 Å². The highest BCUT2D eigenvalue weighted by Gasteiger charge is 2.57. The Hall–Kier alpha value is -2.58. The lowest BCUT2D eigenvalue weighted by atomic mass is 9.85. The number of nitriles is 1. The van der Waals surface area contributed by atoms with Gasteiger partial charge in [-0.15, -0.1) is 0 Å². The van der Waals surface area contributed by atoms with Crippen molar-refractivity contribution in [3.8, 4) is 6.07 Å². The first-order chi connectivity index (χ1) is 15.0. The average Bonchev–Trinajstić information content (AvgIpc) is 3.13. The van der Waals surface area contributed by atoms with Crippen LogP contribution in [0, 0.1) is 17.2 Å². The quantitative estimate of drug-likeness (QED) is 0.525. The molecule has 0 bridgehead atoms. The number of benzene rings is 1. The summed E-state index contributed by atoms with van der Waals surface area (Å²) in [5, 5.41) is 43.3. The minimum absolute atomic E-state index is 0.0469. The summed E-state index contributed by atoms with van der Waals surface area (Å²) in [5.41, 5.74) is 0.0469. The van der Waals surface area contributed by atoms with Crippen LogP contribution < -0.4 is 5.32 Å². The normalized spacial score (nSPS) is 30.1. The fraction of sp³-hybridized carbons (Fsp3) is 0.545. The third-order valence-electron chi connectivity index (χ3n) is 5.81. The van der Waals surface area contributed by atoms with E-state index in [1.807, 2.05) is 6.07 Å². The number of amides is 1. The van der Waals surface area contributed by atoms with Gasteiger partial charge in [0.25, 0.3) is 0 Å². The monoisotopic (exact) mass is 451 g/mol. The Morgan fingerprint density at radius 2 is 2.03 bits per heavy atom. The van der Waals surface area contributed by atoms with E-state index in [4.69, 9.17) is 4.74 Å². The Morgan fingerprint density at radius 3 is 2.62 bits per heavy atom.